The number of nitrogens with one attached hydrogen (secondary N) is 1. The summed E-state index contributed by atoms with van der Waals surface area (Å²) in [5.74, 6) is 0.496. The zero-order chi connectivity index (χ0) is 15.8. The van der Waals surface area contributed by atoms with Crippen LogP contribution in [-0.4, -0.2) is 42.4 Å². The third-order valence-electron chi connectivity index (χ3n) is 4.25. The van der Waals surface area contributed by atoms with Crippen molar-refractivity contribution in [1.82, 2.24) is 10.2 Å². The highest BCUT2D eigenvalue weighted by Crippen LogP contribution is 2.20. The van der Waals surface area contributed by atoms with E-state index >= 15 is 0 Å². The van der Waals surface area contributed by atoms with Crippen molar-refractivity contribution in [3.63, 3.8) is 0 Å². The van der Waals surface area contributed by atoms with Crippen LogP contribution in [0.25, 0.3) is 0 Å². The SMILES string of the molecule is CCNC(=O)C1CCN(C(=O)C(C)CCCC(C)N)CC1. The Morgan fingerprint density at radius 2 is 1.86 bits per heavy atom. The molecule has 0 radical (unpaired) electrons. The molecule has 0 aromatic carbocycles. The number of hydrogen-bond donors (Lipinski definition) is 2. The van der Waals surface area contributed by atoms with E-state index in [9.17, 15) is 9.59 Å². The molecule has 0 aromatic rings. The van der Waals surface area contributed by atoms with Gasteiger partial charge < -0.3 is 16.0 Å². The summed E-state index contributed by atoms with van der Waals surface area (Å²) in [6, 6.07) is 0.208. The minimum atomic E-state index is 0.0600. The molecule has 21 heavy (non-hydrogen) atoms. The molecule has 122 valence electrons. The Kier molecular flexibility index (Phi) is 7.72. The lowest BCUT2D eigenvalue weighted by Crippen LogP contribution is -2.44. The van der Waals surface area contributed by atoms with E-state index < -0.39 is 0 Å². The van der Waals surface area contributed by atoms with Crippen LogP contribution in [0.15, 0.2) is 0 Å². The third-order valence-corrected chi connectivity index (χ3v) is 4.25. The Labute approximate surface area is 128 Å². The zero-order valence-corrected chi connectivity index (χ0v) is 13.7. The lowest BCUT2D eigenvalue weighted by Gasteiger charge is -2.33. The van der Waals surface area contributed by atoms with E-state index in [0.717, 1.165) is 32.1 Å². The van der Waals surface area contributed by atoms with Gasteiger partial charge in [-0.1, -0.05) is 13.3 Å². The fourth-order valence-corrected chi connectivity index (χ4v) is 2.86. The second-order valence-electron chi connectivity index (χ2n) is 6.30. The zero-order valence-electron chi connectivity index (χ0n) is 13.7. The average molecular weight is 297 g/mol. The van der Waals surface area contributed by atoms with Gasteiger partial charge in [0.25, 0.3) is 0 Å². The average Bonchev–Trinajstić information content (AvgIpc) is 2.46. The molecule has 0 aliphatic carbocycles. The third kappa shape index (κ3) is 6.04. The normalized spacial score (nSPS) is 19.1. The summed E-state index contributed by atoms with van der Waals surface area (Å²) in [7, 11) is 0. The van der Waals surface area contributed by atoms with E-state index in [1.807, 2.05) is 25.7 Å². The quantitative estimate of drug-likeness (QED) is 0.748. The minimum absolute atomic E-state index is 0.0600. The van der Waals surface area contributed by atoms with Crippen LogP contribution in [0.2, 0.25) is 0 Å². The summed E-state index contributed by atoms with van der Waals surface area (Å²) >= 11 is 0. The van der Waals surface area contributed by atoms with Crippen molar-refractivity contribution in [1.29, 1.82) is 0 Å². The van der Waals surface area contributed by atoms with Crippen LogP contribution in [0.4, 0.5) is 0 Å². The lowest BCUT2D eigenvalue weighted by molar-refractivity contribution is -0.138. The number of amides is 2. The van der Waals surface area contributed by atoms with Gasteiger partial charge >= 0.3 is 0 Å². The molecule has 2 amide bonds. The Morgan fingerprint density at radius 3 is 2.38 bits per heavy atom. The number of hydrogen-bond acceptors (Lipinski definition) is 3. The monoisotopic (exact) mass is 297 g/mol. The number of piperidine rings is 1. The van der Waals surface area contributed by atoms with Gasteiger partial charge in [-0.05, 0) is 39.5 Å². The van der Waals surface area contributed by atoms with Gasteiger partial charge in [-0.2, -0.15) is 0 Å². The molecular formula is C16H31N3O2. The van der Waals surface area contributed by atoms with Crippen molar-refractivity contribution in [3.8, 4) is 0 Å². The smallest absolute Gasteiger partial charge is 0.225 e. The second-order valence-corrected chi connectivity index (χ2v) is 6.30. The first-order chi connectivity index (χ1) is 9.95. The van der Waals surface area contributed by atoms with Crippen molar-refractivity contribution in [2.24, 2.45) is 17.6 Å². The molecule has 2 unspecified atom stereocenters. The number of carbonyl (C=O) groups excluding carboxylic acids is 2. The fourth-order valence-electron chi connectivity index (χ4n) is 2.86. The van der Waals surface area contributed by atoms with Crippen molar-refractivity contribution < 1.29 is 9.59 Å². The van der Waals surface area contributed by atoms with Crippen LogP contribution in [0.3, 0.4) is 0 Å². The molecule has 0 spiro atoms. The second kappa shape index (κ2) is 9.03. The van der Waals surface area contributed by atoms with Gasteiger partial charge in [0.05, 0.1) is 0 Å². The van der Waals surface area contributed by atoms with Gasteiger partial charge in [0.2, 0.25) is 11.8 Å². The molecule has 1 fully saturated rings. The Morgan fingerprint density at radius 1 is 1.24 bits per heavy atom. The summed E-state index contributed by atoms with van der Waals surface area (Å²) in [4.78, 5) is 26.1. The molecule has 0 saturated carbocycles. The lowest BCUT2D eigenvalue weighted by atomic mass is 9.94. The van der Waals surface area contributed by atoms with Crippen LogP contribution >= 0.6 is 0 Å². The first-order valence-electron chi connectivity index (χ1n) is 8.27. The van der Waals surface area contributed by atoms with Crippen molar-refractivity contribution >= 4 is 11.8 Å². The van der Waals surface area contributed by atoms with Crippen LogP contribution < -0.4 is 11.1 Å². The maximum Gasteiger partial charge on any atom is 0.225 e. The van der Waals surface area contributed by atoms with Crippen molar-refractivity contribution in [2.45, 2.75) is 58.9 Å². The first kappa shape index (κ1) is 18.0. The van der Waals surface area contributed by atoms with E-state index in [-0.39, 0.29) is 29.7 Å². The number of nitrogens with zero attached hydrogens (tertiary/aromatic N) is 1. The van der Waals surface area contributed by atoms with E-state index in [1.54, 1.807) is 0 Å². The Hall–Kier alpha value is -1.10. The van der Waals surface area contributed by atoms with Gasteiger partial charge in [0.15, 0.2) is 0 Å². The van der Waals surface area contributed by atoms with Gasteiger partial charge in [-0.25, -0.2) is 0 Å². The molecule has 3 N–H and O–H groups in total. The van der Waals surface area contributed by atoms with E-state index in [1.165, 1.54) is 0 Å². The molecule has 1 rings (SSSR count). The largest absolute Gasteiger partial charge is 0.356 e. The highest BCUT2D eigenvalue weighted by atomic mass is 16.2. The molecule has 5 nitrogen and oxygen atoms in total. The molecule has 2 atom stereocenters. The van der Waals surface area contributed by atoms with Gasteiger partial charge in [0.1, 0.15) is 0 Å². The van der Waals surface area contributed by atoms with Crippen molar-refractivity contribution in [3.05, 3.63) is 0 Å². The molecule has 0 bridgehead atoms. The molecule has 1 aliphatic heterocycles. The van der Waals surface area contributed by atoms with Gasteiger partial charge in [0, 0.05) is 37.5 Å². The fraction of sp³-hybridized carbons (Fsp3) is 0.875. The van der Waals surface area contributed by atoms with E-state index in [4.69, 9.17) is 5.73 Å². The summed E-state index contributed by atoms with van der Waals surface area (Å²) in [6.45, 7) is 8.02. The first-order valence-corrected chi connectivity index (χ1v) is 8.27. The number of rotatable bonds is 7. The predicted octanol–water partition coefficient (Wildman–Crippen LogP) is 1.51. The molecule has 5 heteroatoms. The summed E-state index contributed by atoms with van der Waals surface area (Å²) in [6.07, 6.45) is 4.43. The molecule has 1 aliphatic rings. The molecule has 1 heterocycles. The van der Waals surface area contributed by atoms with Crippen LogP contribution in [-0.2, 0) is 9.59 Å². The molecular weight excluding hydrogens is 266 g/mol. The minimum Gasteiger partial charge on any atom is -0.356 e. The van der Waals surface area contributed by atoms with E-state index in [2.05, 4.69) is 5.32 Å². The van der Waals surface area contributed by atoms with Crippen LogP contribution in [0.1, 0.15) is 52.9 Å². The summed E-state index contributed by atoms with van der Waals surface area (Å²) in [5.41, 5.74) is 5.73. The number of carbonyl (C=O) groups is 2. The highest BCUT2D eigenvalue weighted by Gasteiger charge is 2.28. The topological polar surface area (TPSA) is 75.4 Å². The van der Waals surface area contributed by atoms with Crippen LogP contribution in [0.5, 0.6) is 0 Å². The Bertz CT molecular complexity index is 336. The van der Waals surface area contributed by atoms with Gasteiger partial charge in [-0.3, -0.25) is 9.59 Å². The highest BCUT2D eigenvalue weighted by molar-refractivity contribution is 5.80. The standard InChI is InChI=1S/C16H31N3O2/c1-4-18-15(20)14-8-10-19(11-9-14)16(21)12(2)6-5-7-13(3)17/h12-14H,4-11,17H2,1-3H3,(H,18,20). The summed E-state index contributed by atoms with van der Waals surface area (Å²) < 4.78 is 0. The van der Waals surface area contributed by atoms with E-state index in [0.29, 0.717) is 19.6 Å². The van der Waals surface area contributed by atoms with Gasteiger partial charge in [-0.15, -0.1) is 0 Å². The molecule has 0 aromatic heterocycles. The number of nitrogens with two attached hydrogens (primary N) is 1. The van der Waals surface area contributed by atoms with Crippen LogP contribution in [0, 0.1) is 11.8 Å². The van der Waals surface area contributed by atoms with Crippen molar-refractivity contribution in [2.75, 3.05) is 19.6 Å². The Balaban J connectivity index is 2.32. The molecule has 1 saturated heterocycles. The maximum absolute atomic E-state index is 12.4. The number of likely N-dealkylation sites (tertiary alicyclic amines) is 1. The maximum atomic E-state index is 12.4. The summed E-state index contributed by atoms with van der Waals surface area (Å²) in [5, 5.41) is 2.87. The predicted molar refractivity (Wildman–Crippen MR) is 84.7 cm³/mol.